The molecule has 0 bridgehead atoms. The van der Waals surface area contributed by atoms with E-state index in [1.165, 1.54) is 65.3 Å². The van der Waals surface area contributed by atoms with Gasteiger partial charge in [0.2, 0.25) is 0 Å². The van der Waals surface area contributed by atoms with Crippen molar-refractivity contribution in [1.82, 2.24) is 0 Å². The molecular weight excluding hydrogens is 758 g/mol. The molecular formula is C40H32Cl2HfSi. The van der Waals surface area contributed by atoms with Crippen molar-refractivity contribution in [3.8, 4) is 22.3 Å². The van der Waals surface area contributed by atoms with Crippen molar-refractivity contribution < 1.29 is 50.7 Å². The van der Waals surface area contributed by atoms with Crippen LogP contribution < -0.4 is 24.8 Å². The van der Waals surface area contributed by atoms with E-state index in [0.29, 0.717) is 0 Å². The first-order chi connectivity index (χ1) is 20.2. The average molecular weight is 790 g/mol. The summed E-state index contributed by atoms with van der Waals surface area (Å²) in [5, 5.41) is 10.5. The molecule has 8 aromatic rings. The largest absolute Gasteiger partial charge is 4.00 e. The standard InChI is InChI=1S/2C19H13.C2H6Si.2ClH.Hf/c2*1-2-8-16-13-17(12-15(16)7-1)19-11-5-9-14-6-3-4-10-18(14)19;1-3-2;;;/h2*1-13H;1-2H3;2*1H;/q2*-1;;;;+4/p-2. The van der Waals surface area contributed by atoms with Gasteiger partial charge in [-0.05, 0) is 21.5 Å². The molecule has 0 fully saturated rings. The fourth-order valence-electron chi connectivity index (χ4n) is 5.57. The van der Waals surface area contributed by atoms with Gasteiger partial charge in [0.25, 0.3) is 0 Å². The summed E-state index contributed by atoms with van der Waals surface area (Å²) in [6, 6.07) is 56.3. The predicted molar refractivity (Wildman–Crippen MR) is 182 cm³/mol. The van der Waals surface area contributed by atoms with E-state index in [0.717, 1.165) is 9.52 Å². The zero-order chi connectivity index (χ0) is 28.0. The molecule has 0 heterocycles. The molecule has 44 heavy (non-hydrogen) atoms. The molecule has 8 aromatic carbocycles. The number of halogens is 2. The summed E-state index contributed by atoms with van der Waals surface area (Å²) in [4.78, 5) is 0. The van der Waals surface area contributed by atoms with Gasteiger partial charge in [0.1, 0.15) is 0 Å². The van der Waals surface area contributed by atoms with Crippen molar-refractivity contribution in [1.29, 1.82) is 0 Å². The fourth-order valence-corrected chi connectivity index (χ4v) is 5.57. The van der Waals surface area contributed by atoms with Gasteiger partial charge in [-0.2, -0.15) is 0 Å². The second kappa shape index (κ2) is 16.7. The number of hydrogen-bond acceptors (Lipinski definition) is 0. The molecule has 0 saturated carbocycles. The Bertz CT molecular complexity index is 1850. The van der Waals surface area contributed by atoms with Crippen LogP contribution in [0.1, 0.15) is 0 Å². The first-order valence-electron chi connectivity index (χ1n) is 14.1. The molecule has 214 valence electrons. The minimum Gasteiger partial charge on any atom is -1.00 e. The summed E-state index contributed by atoms with van der Waals surface area (Å²) in [7, 11) is 1.08. The summed E-state index contributed by atoms with van der Waals surface area (Å²) >= 11 is 0. The van der Waals surface area contributed by atoms with Crippen LogP contribution in [-0.4, -0.2) is 9.52 Å². The third kappa shape index (κ3) is 7.68. The Labute approximate surface area is 294 Å². The minimum atomic E-state index is 0. The van der Waals surface area contributed by atoms with Crippen molar-refractivity contribution in [2.75, 3.05) is 0 Å². The second-order valence-corrected chi connectivity index (χ2v) is 11.3. The molecule has 4 heteroatoms. The normalized spacial score (nSPS) is 10.0. The molecule has 0 nitrogen and oxygen atoms in total. The summed E-state index contributed by atoms with van der Waals surface area (Å²) in [6.07, 6.45) is 0. The van der Waals surface area contributed by atoms with E-state index in [1.54, 1.807) is 0 Å². The van der Waals surface area contributed by atoms with Gasteiger partial charge in [0.05, 0.1) is 0 Å². The third-order valence-electron chi connectivity index (χ3n) is 7.44. The first kappa shape index (κ1) is 35.2. The third-order valence-corrected chi connectivity index (χ3v) is 7.44. The van der Waals surface area contributed by atoms with Gasteiger partial charge >= 0.3 is 25.8 Å². The van der Waals surface area contributed by atoms with Crippen molar-refractivity contribution in [3.05, 3.63) is 158 Å². The smallest absolute Gasteiger partial charge is 1.00 e. The number of benzene rings is 6. The van der Waals surface area contributed by atoms with Gasteiger partial charge in [-0.15, -0.1) is 69.1 Å². The van der Waals surface area contributed by atoms with Crippen molar-refractivity contribution >= 4 is 52.6 Å². The second-order valence-electron chi connectivity index (χ2n) is 10.3. The van der Waals surface area contributed by atoms with Crippen molar-refractivity contribution in [3.63, 3.8) is 0 Å². The minimum absolute atomic E-state index is 0. The Morgan fingerprint density at radius 2 is 0.727 bits per heavy atom. The van der Waals surface area contributed by atoms with Crippen molar-refractivity contribution in [2.24, 2.45) is 0 Å². The summed E-state index contributed by atoms with van der Waals surface area (Å²) in [5.74, 6) is 0. The maximum absolute atomic E-state index is 2.27. The van der Waals surface area contributed by atoms with Crippen LogP contribution in [0.4, 0.5) is 0 Å². The molecule has 0 aliphatic rings. The molecule has 8 rings (SSSR count). The maximum atomic E-state index is 2.27. The van der Waals surface area contributed by atoms with Crippen molar-refractivity contribution in [2.45, 2.75) is 13.1 Å². The van der Waals surface area contributed by atoms with Crippen LogP contribution in [0.25, 0.3) is 65.3 Å². The van der Waals surface area contributed by atoms with Crippen LogP contribution in [0.3, 0.4) is 0 Å². The molecule has 0 spiro atoms. The van der Waals surface area contributed by atoms with E-state index < -0.39 is 0 Å². The Morgan fingerprint density at radius 1 is 0.409 bits per heavy atom. The van der Waals surface area contributed by atoms with Crippen LogP contribution in [0.15, 0.2) is 158 Å². The van der Waals surface area contributed by atoms with E-state index >= 15 is 0 Å². The van der Waals surface area contributed by atoms with Gasteiger partial charge in [-0.1, -0.05) is 146 Å². The van der Waals surface area contributed by atoms with Gasteiger partial charge in [0, 0.05) is 9.52 Å². The zero-order valence-corrected chi connectivity index (χ0v) is 30.9. The number of rotatable bonds is 2. The van der Waals surface area contributed by atoms with E-state index in [4.69, 9.17) is 0 Å². The summed E-state index contributed by atoms with van der Waals surface area (Å²) < 4.78 is 0. The Kier molecular flexibility index (Phi) is 13.4. The molecule has 0 amide bonds. The zero-order valence-electron chi connectivity index (χ0n) is 24.8. The van der Waals surface area contributed by atoms with E-state index in [1.807, 2.05) is 0 Å². The molecule has 0 N–H and O–H groups in total. The predicted octanol–water partition coefficient (Wildman–Crippen LogP) is 5.55. The summed E-state index contributed by atoms with van der Waals surface area (Å²) in [5.41, 5.74) is 5.24. The Morgan fingerprint density at radius 3 is 1.11 bits per heavy atom. The van der Waals surface area contributed by atoms with Crippen LogP contribution in [0, 0.1) is 0 Å². The number of hydrogen-bond donors (Lipinski definition) is 0. The van der Waals surface area contributed by atoms with Crippen LogP contribution in [-0.2, 0) is 25.8 Å². The van der Waals surface area contributed by atoms with Crippen LogP contribution in [0.5, 0.6) is 0 Å². The Balaban J connectivity index is 0.000000208. The van der Waals surface area contributed by atoms with E-state index in [-0.39, 0.29) is 50.7 Å². The van der Waals surface area contributed by atoms with Gasteiger partial charge in [-0.3, -0.25) is 0 Å². The molecule has 0 aliphatic carbocycles. The van der Waals surface area contributed by atoms with Gasteiger partial charge in [-0.25, -0.2) is 0 Å². The topological polar surface area (TPSA) is 0 Å². The molecule has 0 atom stereocenters. The van der Waals surface area contributed by atoms with Crippen LogP contribution >= 0.6 is 0 Å². The molecule has 0 unspecified atom stereocenters. The van der Waals surface area contributed by atoms with Gasteiger partial charge < -0.3 is 24.8 Å². The van der Waals surface area contributed by atoms with E-state index in [9.17, 15) is 0 Å². The van der Waals surface area contributed by atoms with E-state index in [2.05, 4.69) is 171 Å². The van der Waals surface area contributed by atoms with Crippen LogP contribution in [0.2, 0.25) is 13.1 Å². The average Bonchev–Trinajstić information content (AvgIpc) is 3.66. The maximum Gasteiger partial charge on any atom is 4.00 e. The summed E-state index contributed by atoms with van der Waals surface area (Å²) in [6.45, 7) is 4.31. The SMILES string of the molecule is C[Si]C.[Cl-].[Cl-].[Hf+4].c1ccc2[cH-]c(-c3cccc4ccccc34)cc2c1.c1ccc2[cH-]c(-c3cccc4ccccc34)cc2c1. The number of fused-ring (bicyclic) bond motifs is 4. The first-order valence-corrected chi connectivity index (χ1v) is 16.1. The molecule has 0 aliphatic heterocycles. The molecule has 0 aromatic heterocycles. The quantitative estimate of drug-likeness (QED) is 0.159. The fraction of sp³-hybridized carbons (Fsp3) is 0.0500. The Hall–Kier alpha value is -3.27. The van der Waals surface area contributed by atoms with Gasteiger partial charge in [0.15, 0.2) is 0 Å². The molecule has 2 radical (unpaired) electrons. The monoisotopic (exact) mass is 790 g/mol. The molecule has 0 saturated heterocycles.